The summed E-state index contributed by atoms with van der Waals surface area (Å²) in [6.07, 6.45) is 1.78. The zero-order valence-corrected chi connectivity index (χ0v) is 10.7. The molecule has 0 saturated carbocycles. The van der Waals surface area contributed by atoms with Gasteiger partial charge in [-0.15, -0.1) is 18.3 Å². The van der Waals surface area contributed by atoms with Gasteiger partial charge in [0.15, 0.2) is 0 Å². The fourth-order valence-corrected chi connectivity index (χ4v) is 1.88. The highest BCUT2D eigenvalue weighted by molar-refractivity contribution is 8.00. The van der Waals surface area contributed by atoms with Crippen molar-refractivity contribution in [3.05, 3.63) is 41.4 Å². The van der Waals surface area contributed by atoms with Gasteiger partial charge in [0, 0.05) is 16.5 Å². The van der Waals surface area contributed by atoms with Gasteiger partial charge in [-0.3, -0.25) is 4.79 Å². The number of halogens is 1. The predicted molar refractivity (Wildman–Crippen MR) is 72.3 cm³/mol. The third-order valence-electron chi connectivity index (χ3n) is 2.01. The molecule has 0 unspecified atom stereocenters. The van der Waals surface area contributed by atoms with Crippen LogP contribution in [-0.4, -0.2) is 17.4 Å². The van der Waals surface area contributed by atoms with E-state index in [1.54, 1.807) is 12.1 Å². The van der Waals surface area contributed by atoms with Crippen molar-refractivity contribution in [2.45, 2.75) is 6.92 Å². The number of amides is 1. The summed E-state index contributed by atoms with van der Waals surface area (Å²) in [5.74, 6) is 1.19. The van der Waals surface area contributed by atoms with Crippen LogP contribution in [0, 0.1) is 6.92 Å². The van der Waals surface area contributed by atoms with Gasteiger partial charge in [-0.25, -0.2) is 0 Å². The molecule has 0 heterocycles. The van der Waals surface area contributed by atoms with E-state index >= 15 is 0 Å². The molecule has 0 aromatic heterocycles. The topological polar surface area (TPSA) is 29.1 Å². The van der Waals surface area contributed by atoms with Crippen LogP contribution in [0.3, 0.4) is 0 Å². The molecule has 4 heteroatoms. The number of hydrogen-bond acceptors (Lipinski definition) is 2. The van der Waals surface area contributed by atoms with Crippen LogP contribution in [0.25, 0.3) is 0 Å². The normalized spacial score (nSPS) is 9.88. The number of benzene rings is 1. The summed E-state index contributed by atoms with van der Waals surface area (Å²) in [4.78, 5) is 11.5. The molecule has 0 radical (unpaired) electrons. The number of thioether (sulfide) groups is 1. The Morgan fingerprint density at radius 1 is 1.62 bits per heavy atom. The van der Waals surface area contributed by atoms with Crippen LogP contribution in [0.1, 0.15) is 5.56 Å². The number of rotatable bonds is 5. The minimum absolute atomic E-state index is 0.0165. The second-order valence-electron chi connectivity index (χ2n) is 3.26. The largest absolute Gasteiger partial charge is 0.325 e. The van der Waals surface area contributed by atoms with Crippen LogP contribution in [-0.2, 0) is 4.79 Å². The number of nitrogens with one attached hydrogen (secondary N) is 1. The van der Waals surface area contributed by atoms with Gasteiger partial charge >= 0.3 is 0 Å². The van der Waals surface area contributed by atoms with Crippen molar-refractivity contribution in [1.29, 1.82) is 0 Å². The zero-order chi connectivity index (χ0) is 12.0. The number of hydrogen-bond donors (Lipinski definition) is 1. The van der Waals surface area contributed by atoms with Crippen LogP contribution in [0.15, 0.2) is 30.9 Å². The molecule has 0 aliphatic carbocycles. The molecule has 0 aliphatic rings. The first-order chi connectivity index (χ1) is 7.65. The Hall–Kier alpha value is -0.930. The smallest absolute Gasteiger partial charge is 0.234 e. The summed E-state index contributed by atoms with van der Waals surface area (Å²) in [5.41, 5.74) is 1.67. The van der Waals surface area contributed by atoms with Gasteiger partial charge in [0.25, 0.3) is 0 Å². The quantitative estimate of drug-likeness (QED) is 0.645. The minimum Gasteiger partial charge on any atom is -0.325 e. The van der Waals surface area contributed by atoms with E-state index in [9.17, 15) is 4.79 Å². The maximum absolute atomic E-state index is 11.5. The molecule has 1 amide bonds. The van der Waals surface area contributed by atoms with Crippen molar-refractivity contribution < 1.29 is 4.79 Å². The summed E-state index contributed by atoms with van der Waals surface area (Å²) >= 11 is 7.48. The van der Waals surface area contributed by atoms with E-state index in [0.29, 0.717) is 10.8 Å². The maximum atomic E-state index is 11.5. The first kappa shape index (κ1) is 13.1. The van der Waals surface area contributed by atoms with Gasteiger partial charge in [0.1, 0.15) is 0 Å². The van der Waals surface area contributed by atoms with Gasteiger partial charge in [-0.2, -0.15) is 0 Å². The average Bonchev–Trinajstić information content (AvgIpc) is 2.25. The number of carbonyl (C=O) groups is 1. The fourth-order valence-electron chi connectivity index (χ4n) is 1.16. The van der Waals surface area contributed by atoms with Crippen LogP contribution >= 0.6 is 23.4 Å². The van der Waals surface area contributed by atoms with Crippen molar-refractivity contribution in [2.24, 2.45) is 0 Å². The second kappa shape index (κ2) is 6.61. The molecule has 0 spiro atoms. The van der Waals surface area contributed by atoms with E-state index in [4.69, 9.17) is 11.6 Å². The molecule has 1 aromatic carbocycles. The summed E-state index contributed by atoms with van der Waals surface area (Å²) in [7, 11) is 0. The number of carbonyl (C=O) groups excluding carboxylic acids is 1. The molecule has 86 valence electrons. The van der Waals surface area contributed by atoms with Crippen molar-refractivity contribution in [1.82, 2.24) is 0 Å². The Balaban J connectivity index is 2.56. The average molecular weight is 256 g/mol. The van der Waals surface area contributed by atoms with E-state index in [0.717, 1.165) is 17.0 Å². The molecule has 0 atom stereocenters. The Morgan fingerprint density at radius 3 is 3.06 bits per heavy atom. The molecular formula is C12H14ClNOS. The molecule has 2 nitrogen and oxygen atoms in total. The second-order valence-corrected chi connectivity index (χ2v) is 4.70. The molecule has 0 fully saturated rings. The van der Waals surface area contributed by atoms with E-state index in [1.807, 2.05) is 19.1 Å². The van der Waals surface area contributed by atoms with Crippen molar-refractivity contribution in [2.75, 3.05) is 16.8 Å². The molecule has 1 N–H and O–H groups in total. The van der Waals surface area contributed by atoms with Gasteiger partial charge < -0.3 is 5.32 Å². The summed E-state index contributed by atoms with van der Waals surface area (Å²) in [6.45, 7) is 5.48. The Kier molecular flexibility index (Phi) is 5.43. The monoisotopic (exact) mass is 255 g/mol. The van der Waals surface area contributed by atoms with Crippen molar-refractivity contribution in [3.63, 3.8) is 0 Å². The lowest BCUT2D eigenvalue weighted by molar-refractivity contribution is -0.113. The van der Waals surface area contributed by atoms with E-state index in [2.05, 4.69) is 11.9 Å². The van der Waals surface area contributed by atoms with Gasteiger partial charge in [0.05, 0.1) is 5.75 Å². The van der Waals surface area contributed by atoms with Crippen molar-refractivity contribution >= 4 is 35.0 Å². The lowest BCUT2D eigenvalue weighted by atomic mass is 10.2. The lowest BCUT2D eigenvalue weighted by Crippen LogP contribution is -2.15. The van der Waals surface area contributed by atoms with E-state index < -0.39 is 0 Å². The molecule has 0 saturated heterocycles. The van der Waals surface area contributed by atoms with Crippen LogP contribution in [0.4, 0.5) is 5.69 Å². The Labute approximate surface area is 105 Å². The highest BCUT2D eigenvalue weighted by atomic mass is 35.5. The molecule has 0 bridgehead atoms. The third-order valence-corrected chi connectivity index (χ3v) is 3.36. The fraction of sp³-hybridized carbons (Fsp3) is 0.250. The van der Waals surface area contributed by atoms with Gasteiger partial charge in [0.2, 0.25) is 5.91 Å². The van der Waals surface area contributed by atoms with Crippen LogP contribution < -0.4 is 5.32 Å². The SMILES string of the molecule is C=CCSCC(=O)Nc1cccc(Cl)c1C. The standard InChI is InChI=1S/C12H14ClNOS/c1-3-7-16-8-12(15)14-11-6-4-5-10(13)9(11)2/h3-6H,1,7-8H2,2H3,(H,14,15). The summed E-state index contributed by atoms with van der Waals surface area (Å²) in [5, 5.41) is 3.49. The highest BCUT2D eigenvalue weighted by Crippen LogP contribution is 2.22. The molecular weight excluding hydrogens is 242 g/mol. The Bertz CT molecular complexity index is 393. The third kappa shape index (κ3) is 3.91. The predicted octanol–water partition coefficient (Wildman–Crippen LogP) is 3.51. The summed E-state index contributed by atoms with van der Waals surface area (Å²) in [6, 6.07) is 5.47. The minimum atomic E-state index is -0.0165. The molecule has 0 aliphatic heterocycles. The molecule has 16 heavy (non-hydrogen) atoms. The zero-order valence-electron chi connectivity index (χ0n) is 9.13. The first-order valence-electron chi connectivity index (χ1n) is 4.88. The van der Waals surface area contributed by atoms with Gasteiger partial charge in [-0.05, 0) is 24.6 Å². The van der Waals surface area contributed by atoms with E-state index in [1.165, 1.54) is 11.8 Å². The van der Waals surface area contributed by atoms with Crippen LogP contribution in [0.5, 0.6) is 0 Å². The van der Waals surface area contributed by atoms with Gasteiger partial charge in [-0.1, -0.05) is 23.7 Å². The maximum Gasteiger partial charge on any atom is 0.234 e. The van der Waals surface area contributed by atoms with E-state index in [-0.39, 0.29) is 5.91 Å². The first-order valence-corrected chi connectivity index (χ1v) is 6.42. The Morgan fingerprint density at radius 2 is 2.38 bits per heavy atom. The lowest BCUT2D eigenvalue weighted by Gasteiger charge is -2.08. The highest BCUT2D eigenvalue weighted by Gasteiger charge is 2.06. The summed E-state index contributed by atoms with van der Waals surface area (Å²) < 4.78 is 0. The van der Waals surface area contributed by atoms with Crippen LogP contribution in [0.2, 0.25) is 5.02 Å². The number of anilines is 1. The molecule has 1 aromatic rings. The van der Waals surface area contributed by atoms with Crippen molar-refractivity contribution in [3.8, 4) is 0 Å². The molecule has 1 rings (SSSR count).